The molecule has 2 heterocycles. The minimum absolute atomic E-state index is 0.0259. The zero-order valence-electron chi connectivity index (χ0n) is 18.8. The third kappa shape index (κ3) is 3.51. The lowest BCUT2D eigenvalue weighted by Crippen LogP contribution is -2.53. The van der Waals surface area contributed by atoms with Crippen LogP contribution in [0.1, 0.15) is 46.2 Å². The van der Waals surface area contributed by atoms with Gasteiger partial charge in [0.25, 0.3) is 5.91 Å². The number of carbonyl (C=O) groups excluding carboxylic acids is 1. The van der Waals surface area contributed by atoms with Gasteiger partial charge < -0.3 is 20.3 Å². The van der Waals surface area contributed by atoms with Crippen LogP contribution in [0.5, 0.6) is 5.75 Å². The van der Waals surface area contributed by atoms with Crippen molar-refractivity contribution in [2.45, 2.75) is 38.5 Å². The number of phenols is 1. The average Bonchev–Trinajstić information content (AvgIpc) is 3.13. The number of likely N-dealkylation sites (tertiary alicyclic amines) is 1. The molecule has 3 N–H and O–H groups in total. The van der Waals surface area contributed by atoms with E-state index in [0.717, 1.165) is 50.1 Å². The van der Waals surface area contributed by atoms with Crippen molar-refractivity contribution in [2.75, 3.05) is 25.0 Å². The molecule has 1 aliphatic carbocycles. The fourth-order valence-corrected chi connectivity index (χ4v) is 5.85. The van der Waals surface area contributed by atoms with Crippen molar-refractivity contribution in [3.63, 3.8) is 0 Å². The van der Waals surface area contributed by atoms with E-state index in [1.165, 1.54) is 16.8 Å². The lowest BCUT2D eigenvalue weighted by atomic mass is 9.58. The predicted molar refractivity (Wildman–Crippen MR) is 127 cm³/mol. The second-order valence-electron chi connectivity index (χ2n) is 9.33. The largest absolute Gasteiger partial charge is 0.508 e. The first-order valence-electron chi connectivity index (χ1n) is 11.6. The van der Waals surface area contributed by atoms with Crippen molar-refractivity contribution in [1.82, 2.24) is 9.88 Å². The van der Waals surface area contributed by atoms with Gasteiger partial charge in [0.15, 0.2) is 0 Å². The molecular formula is C27H31N3O2. The number of piperidine rings is 1. The van der Waals surface area contributed by atoms with Crippen LogP contribution in [0.15, 0.2) is 54.6 Å². The first-order chi connectivity index (χ1) is 15.5. The van der Waals surface area contributed by atoms with E-state index < -0.39 is 0 Å². The maximum absolute atomic E-state index is 13.1. The Morgan fingerprint density at radius 1 is 1.22 bits per heavy atom. The van der Waals surface area contributed by atoms with E-state index in [4.69, 9.17) is 0 Å². The van der Waals surface area contributed by atoms with E-state index >= 15 is 0 Å². The third-order valence-corrected chi connectivity index (χ3v) is 7.67. The van der Waals surface area contributed by atoms with Gasteiger partial charge in [0.2, 0.25) is 0 Å². The number of anilines is 1. The summed E-state index contributed by atoms with van der Waals surface area (Å²) in [5.41, 5.74) is 6.18. The maximum atomic E-state index is 13.1. The Balaban J connectivity index is 1.52. The average molecular weight is 430 g/mol. The molecule has 2 aliphatic rings. The number of para-hydroxylation sites is 1. The van der Waals surface area contributed by atoms with Crippen molar-refractivity contribution >= 4 is 11.6 Å². The molecule has 5 heteroatoms. The lowest BCUT2D eigenvalue weighted by molar-refractivity contribution is 0.0848. The van der Waals surface area contributed by atoms with Crippen LogP contribution in [0, 0.1) is 12.8 Å². The summed E-state index contributed by atoms with van der Waals surface area (Å²) in [5, 5.41) is 13.2. The van der Waals surface area contributed by atoms with Crippen molar-refractivity contribution in [1.29, 1.82) is 0 Å². The zero-order chi connectivity index (χ0) is 22.3. The molecule has 0 bridgehead atoms. The molecule has 2 atom stereocenters. The zero-order valence-corrected chi connectivity index (χ0v) is 18.8. The highest BCUT2D eigenvalue weighted by Crippen LogP contribution is 2.49. The van der Waals surface area contributed by atoms with Crippen molar-refractivity contribution in [3.05, 3.63) is 82.7 Å². The molecule has 5 nitrogen and oxygen atoms in total. The first-order valence-corrected chi connectivity index (χ1v) is 11.6. The molecule has 1 amide bonds. The Bertz CT molecular complexity index is 1140. The molecule has 2 aromatic carbocycles. The molecule has 5 rings (SSSR count). The number of H-pyrrole nitrogens is 1. The van der Waals surface area contributed by atoms with Gasteiger partial charge in [-0.3, -0.25) is 4.79 Å². The van der Waals surface area contributed by atoms with E-state index in [-0.39, 0.29) is 11.3 Å². The van der Waals surface area contributed by atoms with Gasteiger partial charge in [-0.15, -0.1) is 0 Å². The Morgan fingerprint density at radius 3 is 2.78 bits per heavy atom. The molecular weight excluding hydrogens is 398 g/mol. The third-order valence-electron chi connectivity index (χ3n) is 7.67. The highest BCUT2D eigenvalue weighted by molar-refractivity contribution is 6.04. The Kier molecular flexibility index (Phi) is 5.30. The summed E-state index contributed by atoms with van der Waals surface area (Å²) < 4.78 is 0. The molecule has 3 aromatic rings. The quantitative estimate of drug-likeness (QED) is 0.565. The maximum Gasteiger partial charge on any atom is 0.272 e. The van der Waals surface area contributed by atoms with Crippen molar-refractivity contribution in [3.8, 4) is 5.75 Å². The summed E-state index contributed by atoms with van der Waals surface area (Å²) in [6, 6.07) is 17.4. The second-order valence-corrected chi connectivity index (χ2v) is 9.33. The predicted octanol–water partition coefficient (Wildman–Crippen LogP) is 4.66. The van der Waals surface area contributed by atoms with Gasteiger partial charge in [-0.1, -0.05) is 37.3 Å². The highest BCUT2D eigenvalue weighted by Gasteiger charge is 2.48. The minimum Gasteiger partial charge on any atom is -0.508 e. The van der Waals surface area contributed by atoms with Gasteiger partial charge in [-0.05, 0) is 86.1 Å². The molecule has 2 unspecified atom stereocenters. The summed E-state index contributed by atoms with van der Waals surface area (Å²) >= 11 is 0. The van der Waals surface area contributed by atoms with Gasteiger partial charge in [0.1, 0.15) is 11.4 Å². The van der Waals surface area contributed by atoms with E-state index in [1.54, 1.807) is 6.07 Å². The molecule has 32 heavy (non-hydrogen) atoms. The number of benzene rings is 2. The lowest BCUT2D eigenvalue weighted by Gasteiger charge is -2.51. The van der Waals surface area contributed by atoms with Crippen LogP contribution in [-0.4, -0.2) is 40.5 Å². The van der Waals surface area contributed by atoms with Gasteiger partial charge in [0.05, 0.1) is 0 Å². The van der Waals surface area contributed by atoms with Gasteiger partial charge in [0, 0.05) is 23.3 Å². The Morgan fingerprint density at radius 2 is 2.03 bits per heavy atom. The van der Waals surface area contributed by atoms with Crippen LogP contribution < -0.4 is 5.32 Å². The van der Waals surface area contributed by atoms with Crippen LogP contribution in [0.3, 0.4) is 0 Å². The number of amides is 1. The standard InChI is InChI=1S/C27H31N3O2/c1-3-30-13-12-27(19-8-7-11-22(31)14-19)16-24-23(15-20(27)17-30)18(2)25(29-24)26(32)28-21-9-5-4-6-10-21/h4-11,14,20,29,31H,3,12-13,15-17H2,1-2H3,(H,28,32). The van der Waals surface area contributed by atoms with Gasteiger partial charge in [-0.2, -0.15) is 0 Å². The monoisotopic (exact) mass is 429 g/mol. The Hall–Kier alpha value is -3.05. The summed E-state index contributed by atoms with van der Waals surface area (Å²) in [6.45, 7) is 7.44. The number of carbonyl (C=O) groups is 1. The molecule has 1 aliphatic heterocycles. The summed E-state index contributed by atoms with van der Waals surface area (Å²) in [5.74, 6) is 0.683. The van der Waals surface area contributed by atoms with Crippen LogP contribution in [-0.2, 0) is 18.3 Å². The number of fused-ring (bicyclic) bond motifs is 2. The minimum atomic E-state index is -0.0901. The smallest absolute Gasteiger partial charge is 0.272 e. The van der Waals surface area contributed by atoms with Crippen LogP contribution in [0.2, 0.25) is 0 Å². The first kappa shape index (κ1) is 20.8. The molecule has 0 saturated carbocycles. The fraction of sp³-hybridized carbons (Fsp3) is 0.370. The summed E-state index contributed by atoms with van der Waals surface area (Å²) in [7, 11) is 0. The number of aromatic nitrogens is 1. The number of aromatic amines is 1. The number of aromatic hydroxyl groups is 1. The van der Waals surface area contributed by atoms with E-state index in [2.05, 4.69) is 35.1 Å². The number of phenolic OH excluding ortho intramolecular Hbond substituents is 1. The molecule has 0 spiro atoms. The van der Waals surface area contributed by atoms with Crippen molar-refractivity contribution < 1.29 is 9.90 Å². The van der Waals surface area contributed by atoms with Crippen LogP contribution >= 0.6 is 0 Å². The fourth-order valence-electron chi connectivity index (χ4n) is 5.85. The number of rotatable bonds is 4. The van der Waals surface area contributed by atoms with E-state index in [9.17, 15) is 9.90 Å². The number of hydrogen-bond acceptors (Lipinski definition) is 3. The molecule has 1 saturated heterocycles. The van der Waals surface area contributed by atoms with E-state index in [1.807, 2.05) is 42.5 Å². The van der Waals surface area contributed by atoms with Gasteiger partial charge >= 0.3 is 0 Å². The van der Waals surface area contributed by atoms with Crippen molar-refractivity contribution in [2.24, 2.45) is 5.92 Å². The number of hydrogen-bond donors (Lipinski definition) is 3. The summed E-state index contributed by atoms with van der Waals surface area (Å²) in [6.07, 6.45) is 2.87. The SMILES string of the molecule is CCN1CCC2(c3cccc(O)c3)Cc3[nH]c(C(=O)Nc4ccccc4)c(C)c3CC2C1. The topological polar surface area (TPSA) is 68.4 Å². The van der Waals surface area contributed by atoms with Crippen LogP contribution in [0.4, 0.5) is 5.69 Å². The molecule has 1 aromatic heterocycles. The number of nitrogens with zero attached hydrogens (tertiary/aromatic N) is 1. The van der Waals surface area contributed by atoms with E-state index in [0.29, 0.717) is 17.4 Å². The van der Waals surface area contributed by atoms with Gasteiger partial charge in [-0.25, -0.2) is 0 Å². The normalized spacial score (nSPS) is 22.8. The van der Waals surface area contributed by atoms with Crippen LogP contribution in [0.25, 0.3) is 0 Å². The Labute approximate surface area is 189 Å². The second kappa shape index (κ2) is 8.14. The molecule has 1 fully saturated rings. The highest BCUT2D eigenvalue weighted by atomic mass is 16.3. The molecule has 0 radical (unpaired) electrons. The summed E-state index contributed by atoms with van der Waals surface area (Å²) in [4.78, 5) is 19.1. The number of nitrogens with one attached hydrogen (secondary N) is 2. The molecule has 166 valence electrons.